The molecule has 32 heavy (non-hydrogen) atoms. The van der Waals surface area contributed by atoms with Gasteiger partial charge >= 0.3 is 5.97 Å². The van der Waals surface area contributed by atoms with Crippen molar-refractivity contribution in [3.63, 3.8) is 0 Å². The zero-order valence-electron chi connectivity index (χ0n) is 19.3. The fourth-order valence-electron chi connectivity index (χ4n) is 5.57. The number of halogens is 1. The number of hydrogen-bond acceptors (Lipinski definition) is 5. The van der Waals surface area contributed by atoms with Gasteiger partial charge in [-0.05, 0) is 37.5 Å². The molecule has 0 aromatic rings. The summed E-state index contributed by atoms with van der Waals surface area (Å²) in [5.74, 6) is -0.558. The number of nitrogens with one attached hydrogen (secondary N) is 1. The zero-order chi connectivity index (χ0) is 23.3. The number of carbonyl (C=O) groups is 4. The Balaban J connectivity index is 1.43. The van der Waals surface area contributed by atoms with E-state index in [1.165, 1.54) is 17.7 Å². The molecule has 0 aromatic carbocycles. The SMILES string of the molecule is CCCCOC(=O)C(Br)CC(C)C(=O)NCCN1C(=O)C2C3CCCCCCC3C2C1=O. The number of carbonyl (C=O) groups excluding carboxylic acids is 4. The molecule has 8 heteroatoms. The monoisotopic (exact) mass is 512 g/mol. The van der Waals surface area contributed by atoms with Crippen LogP contribution in [-0.2, 0) is 23.9 Å². The van der Waals surface area contributed by atoms with E-state index in [9.17, 15) is 19.2 Å². The molecule has 180 valence electrons. The van der Waals surface area contributed by atoms with Crippen LogP contribution in [0.2, 0.25) is 0 Å². The van der Waals surface area contributed by atoms with Crippen LogP contribution in [0.1, 0.15) is 71.6 Å². The summed E-state index contributed by atoms with van der Waals surface area (Å²) in [5, 5.41) is 2.82. The summed E-state index contributed by atoms with van der Waals surface area (Å²) in [6.45, 7) is 4.63. The van der Waals surface area contributed by atoms with Gasteiger partial charge in [0.05, 0.1) is 18.4 Å². The third kappa shape index (κ3) is 5.54. The molecule has 3 fully saturated rings. The van der Waals surface area contributed by atoms with Crippen LogP contribution in [0.4, 0.5) is 0 Å². The van der Waals surface area contributed by atoms with Crippen LogP contribution in [0, 0.1) is 29.6 Å². The lowest BCUT2D eigenvalue weighted by Gasteiger charge is -2.47. The number of fused-ring (bicyclic) bond motifs is 4. The lowest BCUT2D eigenvalue weighted by Crippen LogP contribution is -2.48. The molecule has 0 bridgehead atoms. The van der Waals surface area contributed by atoms with E-state index in [4.69, 9.17) is 4.74 Å². The largest absolute Gasteiger partial charge is 0.465 e. The number of hydrogen-bond donors (Lipinski definition) is 1. The highest BCUT2D eigenvalue weighted by Crippen LogP contribution is 2.56. The molecule has 3 aliphatic rings. The number of rotatable bonds is 10. The molecular weight excluding hydrogens is 476 g/mol. The van der Waals surface area contributed by atoms with E-state index in [0.29, 0.717) is 24.9 Å². The van der Waals surface area contributed by atoms with Crippen molar-refractivity contribution >= 4 is 39.6 Å². The van der Waals surface area contributed by atoms with Gasteiger partial charge in [0.15, 0.2) is 0 Å². The molecule has 6 atom stereocenters. The average molecular weight is 513 g/mol. The van der Waals surface area contributed by atoms with Crippen molar-refractivity contribution in [2.75, 3.05) is 19.7 Å². The van der Waals surface area contributed by atoms with Crippen molar-refractivity contribution in [2.24, 2.45) is 29.6 Å². The maximum absolute atomic E-state index is 12.9. The van der Waals surface area contributed by atoms with Gasteiger partial charge in [0, 0.05) is 19.0 Å². The van der Waals surface area contributed by atoms with Crippen LogP contribution in [0.3, 0.4) is 0 Å². The molecule has 2 saturated carbocycles. The Kier molecular flexibility index (Phi) is 9.14. The molecule has 0 aromatic heterocycles. The van der Waals surface area contributed by atoms with Crippen molar-refractivity contribution in [3.8, 4) is 0 Å². The molecular formula is C24H37BrN2O5. The standard InChI is InChI=1S/C24H37BrN2O5/c1-3-4-13-32-24(31)18(25)14-15(2)21(28)26-11-12-27-22(29)19-16-9-7-5-6-8-10-17(16)20(19)23(27)30/h15-20H,3-14H2,1-2H3,(H,26,28). The molecule has 6 unspecified atom stereocenters. The van der Waals surface area contributed by atoms with E-state index in [1.54, 1.807) is 6.92 Å². The summed E-state index contributed by atoms with van der Waals surface area (Å²) in [6.07, 6.45) is 8.96. The van der Waals surface area contributed by atoms with Crippen LogP contribution < -0.4 is 5.32 Å². The van der Waals surface area contributed by atoms with E-state index in [2.05, 4.69) is 21.2 Å². The van der Waals surface area contributed by atoms with E-state index in [1.807, 2.05) is 6.92 Å². The number of alkyl halides is 1. The average Bonchev–Trinajstić information content (AvgIpc) is 2.94. The van der Waals surface area contributed by atoms with Crippen molar-refractivity contribution in [1.82, 2.24) is 10.2 Å². The zero-order valence-corrected chi connectivity index (χ0v) is 20.9. The minimum Gasteiger partial charge on any atom is -0.465 e. The molecule has 1 saturated heterocycles. The molecule has 1 aliphatic heterocycles. The highest BCUT2D eigenvalue weighted by molar-refractivity contribution is 9.10. The Morgan fingerprint density at radius 3 is 2.25 bits per heavy atom. The van der Waals surface area contributed by atoms with Gasteiger partial charge in [0.25, 0.3) is 0 Å². The number of unbranched alkanes of at least 4 members (excludes halogenated alkanes) is 1. The Hall–Kier alpha value is -1.44. The maximum atomic E-state index is 12.9. The molecule has 3 amide bonds. The van der Waals surface area contributed by atoms with Gasteiger partial charge in [-0.1, -0.05) is 61.9 Å². The highest BCUT2D eigenvalue weighted by Gasteiger charge is 2.63. The number of nitrogens with zero attached hydrogens (tertiary/aromatic N) is 1. The smallest absolute Gasteiger partial charge is 0.319 e. The lowest BCUT2D eigenvalue weighted by molar-refractivity contribution is -0.144. The van der Waals surface area contributed by atoms with Crippen molar-refractivity contribution in [1.29, 1.82) is 0 Å². The highest BCUT2D eigenvalue weighted by atomic mass is 79.9. The van der Waals surface area contributed by atoms with Crippen LogP contribution in [0.5, 0.6) is 0 Å². The number of esters is 1. The first-order valence-corrected chi connectivity index (χ1v) is 13.2. The molecule has 0 spiro atoms. The number of imide groups is 1. The van der Waals surface area contributed by atoms with E-state index in [0.717, 1.165) is 38.5 Å². The summed E-state index contributed by atoms with van der Waals surface area (Å²) < 4.78 is 5.18. The van der Waals surface area contributed by atoms with Crippen molar-refractivity contribution < 1.29 is 23.9 Å². The Morgan fingerprint density at radius 1 is 1.09 bits per heavy atom. The van der Waals surface area contributed by atoms with Crippen molar-refractivity contribution in [2.45, 2.75) is 76.5 Å². The van der Waals surface area contributed by atoms with E-state index < -0.39 is 10.7 Å². The molecule has 7 nitrogen and oxygen atoms in total. The summed E-state index contributed by atoms with van der Waals surface area (Å²) in [4.78, 5) is 51.1. The predicted molar refractivity (Wildman–Crippen MR) is 124 cm³/mol. The number of ether oxygens (including phenoxy) is 1. The second-order valence-electron chi connectivity index (χ2n) is 9.62. The minimum absolute atomic E-state index is 0.0422. The first-order chi connectivity index (χ1) is 15.4. The third-order valence-electron chi connectivity index (χ3n) is 7.43. The van der Waals surface area contributed by atoms with Crippen LogP contribution in [-0.4, -0.2) is 53.1 Å². The van der Waals surface area contributed by atoms with Gasteiger partial charge in [-0.25, -0.2) is 0 Å². The topological polar surface area (TPSA) is 92.8 Å². The van der Waals surface area contributed by atoms with Crippen LogP contribution in [0.25, 0.3) is 0 Å². The summed E-state index contributed by atoms with van der Waals surface area (Å²) in [6, 6.07) is 0. The molecule has 2 aliphatic carbocycles. The summed E-state index contributed by atoms with van der Waals surface area (Å²) in [7, 11) is 0. The number of likely N-dealkylation sites (tertiary alicyclic amines) is 1. The maximum Gasteiger partial charge on any atom is 0.319 e. The normalized spacial score (nSPS) is 29.2. The second kappa shape index (κ2) is 11.6. The third-order valence-corrected chi connectivity index (χ3v) is 8.17. The summed E-state index contributed by atoms with van der Waals surface area (Å²) in [5.41, 5.74) is 0. The second-order valence-corrected chi connectivity index (χ2v) is 10.7. The quantitative estimate of drug-likeness (QED) is 0.209. The number of amides is 3. The van der Waals surface area contributed by atoms with Gasteiger partial charge in [-0.15, -0.1) is 0 Å². The van der Waals surface area contributed by atoms with Crippen LogP contribution >= 0.6 is 15.9 Å². The first kappa shape index (κ1) is 25.2. The van der Waals surface area contributed by atoms with Gasteiger partial charge < -0.3 is 10.1 Å². The fourth-order valence-corrected chi connectivity index (χ4v) is 6.26. The molecule has 1 heterocycles. The Labute approximate surface area is 199 Å². The molecule has 0 radical (unpaired) electrons. The Morgan fingerprint density at radius 2 is 1.69 bits per heavy atom. The van der Waals surface area contributed by atoms with Gasteiger partial charge in [-0.2, -0.15) is 0 Å². The molecule has 1 N–H and O–H groups in total. The van der Waals surface area contributed by atoms with Crippen LogP contribution in [0.15, 0.2) is 0 Å². The fraction of sp³-hybridized carbons (Fsp3) is 0.833. The molecule has 3 rings (SSSR count). The Bertz CT molecular complexity index is 683. The minimum atomic E-state index is -0.533. The van der Waals surface area contributed by atoms with Crippen molar-refractivity contribution in [3.05, 3.63) is 0 Å². The van der Waals surface area contributed by atoms with E-state index in [-0.39, 0.29) is 48.6 Å². The predicted octanol–water partition coefficient (Wildman–Crippen LogP) is 3.44. The van der Waals surface area contributed by atoms with Gasteiger partial charge in [0.1, 0.15) is 4.83 Å². The van der Waals surface area contributed by atoms with Gasteiger partial charge in [0.2, 0.25) is 17.7 Å². The summed E-state index contributed by atoms with van der Waals surface area (Å²) >= 11 is 3.31. The lowest BCUT2D eigenvalue weighted by atomic mass is 9.54. The first-order valence-electron chi connectivity index (χ1n) is 12.3. The van der Waals surface area contributed by atoms with Gasteiger partial charge in [-0.3, -0.25) is 24.1 Å². The van der Waals surface area contributed by atoms with E-state index >= 15 is 0 Å².